The van der Waals surface area contributed by atoms with Gasteiger partial charge in [0.25, 0.3) is 0 Å². The largest absolute Gasteiger partial charge is 0.479 e. The number of nitrogens with one attached hydrogen (secondary N) is 2. The third-order valence-corrected chi connectivity index (χ3v) is 5.60. The van der Waals surface area contributed by atoms with Crippen molar-refractivity contribution in [3.05, 3.63) is 59.7 Å². The minimum absolute atomic E-state index is 0.0998. The van der Waals surface area contributed by atoms with E-state index in [2.05, 4.69) is 10.6 Å². The minimum Gasteiger partial charge on any atom is -0.479 e. The molecule has 8 nitrogen and oxygen atoms in total. The van der Waals surface area contributed by atoms with Crippen molar-refractivity contribution < 1.29 is 29.3 Å². The molecule has 0 bridgehead atoms. The van der Waals surface area contributed by atoms with Gasteiger partial charge in [-0.2, -0.15) is 0 Å². The number of benzene rings is 2. The summed E-state index contributed by atoms with van der Waals surface area (Å²) in [5.74, 6) is -2.13. The fraction of sp³-hybridized carbons (Fsp3) is 0.375. The fourth-order valence-electron chi connectivity index (χ4n) is 3.80. The molecule has 2 aromatic rings. The van der Waals surface area contributed by atoms with Gasteiger partial charge in [-0.3, -0.25) is 4.79 Å². The normalized spacial score (nSPS) is 15.1. The number of carboxylic acid groups (broad SMARTS) is 1. The van der Waals surface area contributed by atoms with Crippen LogP contribution in [0.5, 0.6) is 0 Å². The van der Waals surface area contributed by atoms with Crippen molar-refractivity contribution in [2.24, 2.45) is 0 Å². The Balaban J connectivity index is 1.61. The maximum Gasteiger partial charge on any atom is 0.407 e. The van der Waals surface area contributed by atoms with Gasteiger partial charge in [-0.1, -0.05) is 61.9 Å². The van der Waals surface area contributed by atoms with E-state index in [1.165, 1.54) is 0 Å². The zero-order valence-corrected chi connectivity index (χ0v) is 18.1. The molecule has 0 spiro atoms. The number of alkyl carbamates (subject to hydrolysis) is 1. The number of ether oxygens (including phenoxy) is 1. The van der Waals surface area contributed by atoms with Crippen LogP contribution in [0.3, 0.4) is 0 Å². The maximum atomic E-state index is 12.5. The lowest BCUT2D eigenvalue weighted by Gasteiger charge is -2.22. The Labute approximate surface area is 186 Å². The topological polar surface area (TPSA) is 125 Å². The Morgan fingerprint density at radius 2 is 1.62 bits per heavy atom. The fourth-order valence-corrected chi connectivity index (χ4v) is 3.80. The molecule has 0 saturated carbocycles. The molecule has 0 fully saturated rings. The van der Waals surface area contributed by atoms with Crippen LogP contribution in [0.2, 0.25) is 0 Å². The van der Waals surface area contributed by atoms with Crippen LogP contribution in [0, 0.1) is 0 Å². The lowest BCUT2D eigenvalue weighted by molar-refractivity contribution is -0.156. The molecule has 170 valence electrons. The van der Waals surface area contributed by atoms with Crippen molar-refractivity contribution in [1.82, 2.24) is 10.6 Å². The molecule has 8 heteroatoms. The summed E-state index contributed by atoms with van der Waals surface area (Å²) in [5, 5.41) is 23.7. The van der Waals surface area contributed by atoms with Gasteiger partial charge >= 0.3 is 12.1 Å². The van der Waals surface area contributed by atoms with Crippen LogP contribution in [0.15, 0.2) is 48.5 Å². The molecule has 1 aliphatic rings. The van der Waals surface area contributed by atoms with E-state index in [9.17, 15) is 19.5 Å². The van der Waals surface area contributed by atoms with E-state index in [-0.39, 0.29) is 12.5 Å². The molecular formula is C24H28N2O6. The molecule has 0 heterocycles. The second kappa shape index (κ2) is 9.82. The summed E-state index contributed by atoms with van der Waals surface area (Å²) in [6.45, 7) is 2.58. The van der Waals surface area contributed by atoms with E-state index in [1.54, 1.807) is 0 Å². The summed E-state index contributed by atoms with van der Waals surface area (Å²) in [5.41, 5.74) is 2.30. The van der Waals surface area contributed by atoms with Crippen LogP contribution in [0.4, 0.5) is 4.79 Å². The predicted octanol–water partition coefficient (Wildman–Crippen LogP) is 2.65. The highest BCUT2D eigenvalue weighted by Gasteiger charge is 2.32. The van der Waals surface area contributed by atoms with Gasteiger partial charge in [-0.25, -0.2) is 9.59 Å². The van der Waals surface area contributed by atoms with Crippen LogP contribution in [0.1, 0.15) is 43.7 Å². The van der Waals surface area contributed by atoms with E-state index < -0.39 is 36.2 Å². The monoisotopic (exact) mass is 440 g/mol. The first-order valence-electron chi connectivity index (χ1n) is 10.6. The third-order valence-electron chi connectivity index (χ3n) is 5.60. The molecule has 4 N–H and O–H groups in total. The Kier molecular flexibility index (Phi) is 7.15. The van der Waals surface area contributed by atoms with Gasteiger partial charge in [0.2, 0.25) is 5.91 Å². The molecule has 2 aromatic carbocycles. The van der Waals surface area contributed by atoms with Crippen molar-refractivity contribution in [3.63, 3.8) is 0 Å². The molecule has 0 saturated heterocycles. The first kappa shape index (κ1) is 23.3. The maximum absolute atomic E-state index is 12.5. The highest BCUT2D eigenvalue weighted by Crippen LogP contribution is 2.44. The summed E-state index contributed by atoms with van der Waals surface area (Å²) in [6.07, 6.45) is 0.216. The Morgan fingerprint density at radius 3 is 2.16 bits per heavy atom. The van der Waals surface area contributed by atoms with Gasteiger partial charge in [-0.15, -0.1) is 0 Å². The van der Waals surface area contributed by atoms with E-state index in [0.29, 0.717) is 12.8 Å². The van der Waals surface area contributed by atoms with Gasteiger partial charge in [0.15, 0.2) is 5.60 Å². The van der Waals surface area contributed by atoms with Crippen molar-refractivity contribution in [2.75, 3.05) is 13.2 Å². The molecule has 32 heavy (non-hydrogen) atoms. The molecule has 2 amide bonds. The molecule has 1 aliphatic carbocycles. The lowest BCUT2D eigenvalue weighted by atomic mass is 9.98. The number of carbonyl (C=O) groups excluding carboxylic acids is 2. The summed E-state index contributed by atoms with van der Waals surface area (Å²) in [7, 11) is 0. The van der Waals surface area contributed by atoms with Crippen LogP contribution in [0.25, 0.3) is 11.1 Å². The number of fused-ring (bicyclic) bond motifs is 3. The van der Waals surface area contributed by atoms with Crippen molar-refractivity contribution in [1.29, 1.82) is 0 Å². The second-order valence-corrected chi connectivity index (χ2v) is 8.11. The highest BCUT2D eigenvalue weighted by atomic mass is 16.5. The predicted molar refractivity (Wildman–Crippen MR) is 118 cm³/mol. The minimum atomic E-state index is -2.10. The molecule has 2 atom stereocenters. The van der Waals surface area contributed by atoms with Crippen LogP contribution < -0.4 is 10.6 Å². The standard InChI is InChI=1S/C24H28N2O6/c1-3-8-20(21(27)25-14-24(2,31)22(28)29)26-23(30)32-13-19-17-11-6-4-9-15(17)16-10-5-7-12-18(16)19/h4-7,9-12,19-20,31H,3,8,13-14H2,1-2H3,(H,25,27)(H,26,30)(H,28,29)/t20-,24?/m1/s1. The van der Waals surface area contributed by atoms with E-state index in [0.717, 1.165) is 29.2 Å². The Hall–Kier alpha value is -3.39. The van der Waals surface area contributed by atoms with E-state index in [4.69, 9.17) is 9.84 Å². The van der Waals surface area contributed by atoms with Crippen molar-refractivity contribution in [3.8, 4) is 11.1 Å². The van der Waals surface area contributed by atoms with E-state index >= 15 is 0 Å². The molecule has 0 aliphatic heterocycles. The van der Waals surface area contributed by atoms with Gasteiger partial charge < -0.3 is 25.6 Å². The summed E-state index contributed by atoms with van der Waals surface area (Å²) >= 11 is 0. The quantitative estimate of drug-likeness (QED) is 0.475. The van der Waals surface area contributed by atoms with Crippen molar-refractivity contribution in [2.45, 2.75) is 44.2 Å². The number of carbonyl (C=O) groups is 3. The van der Waals surface area contributed by atoms with E-state index in [1.807, 2.05) is 55.5 Å². The Morgan fingerprint density at radius 1 is 1.06 bits per heavy atom. The van der Waals surface area contributed by atoms with Gasteiger partial charge in [0.1, 0.15) is 12.6 Å². The Bertz CT molecular complexity index is 958. The van der Waals surface area contributed by atoms with Crippen LogP contribution in [-0.2, 0) is 14.3 Å². The number of aliphatic hydroxyl groups is 1. The van der Waals surface area contributed by atoms with Gasteiger partial charge in [0.05, 0.1) is 6.54 Å². The molecule has 1 unspecified atom stereocenters. The summed E-state index contributed by atoms with van der Waals surface area (Å²) in [4.78, 5) is 35.9. The summed E-state index contributed by atoms with van der Waals surface area (Å²) < 4.78 is 5.48. The van der Waals surface area contributed by atoms with Crippen LogP contribution >= 0.6 is 0 Å². The van der Waals surface area contributed by atoms with Crippen molar-refractivity contribution >= 4 is 18.0 Å². The first-order valence-corrected chi connectivity index (χ1v) is 10.6. The second-order valence-electron chi connectivity index (χ2n) is 8.11. The van der Waals surface area contributed by atoms with Gasteiger partial charge in [-0.05, 0) is 35.6 Å². The molecular weight excluding hydrogens is 412 g/mol. The number of rotatable bonds is 9. The van der Waals surface area contributed by atoms with Crippen LogP contribution in [-0.4, -0.2) is 53.0 Å². The third kappa shape index (κ3) is 5.08. The zero-order valence-electron chi connectivity index (χ0n) is 18.1. The molecule has 0 radical (unpaired) electrons. The first-order chi connectivity index (χ1) is 15.2. The lowest BCUT2D eigenvalue weighted by Crippen LogP contribution is -2.52. The zero-order chi connectivity index (χ0) is 23.3. The number of hydrogen-bond donors (Lipinski definition) is 4. The number of hydrogen-bond acceptors (Lipinski definition) is 5. The number of amides is 2. The number of aliphatic carboxylic acids is 1. The average molecular weight is 440 g/mol. The average Bonchev–Trinajstić information content (AvgIpc) is 3.09. The molecule has 0 aromatic heterocycles. The SMILES string of the molecule is CCC[C@@H](NC(=O)OCC1c2ccccc2-c2ccccc21)C(=O)NCC(C)(O)C(=O)O. The van der Waals surface area contributed by atoms with Gasteiger partial charge in [0, 0.05) is 5.92 Å². The molecule has 3 rings (SSSR count). The highest BCUT2D eigenvalue weighted by molar-refractivity contribution is 5.86. The summed E-state index contributed by atoms with van der Waals surface area (Å²) in [6, 6.07) is 15.1. The smallest absolute Gasteiger partial charge is 0.407 e. The number of carboxylic acids is 1.